The SMILES string of the molecule is CO[C@H]1[C@@H](O)[C@H](O[C@@H]2[C@@H](C)O[C@@H](O[C@H]3[C@@H](OC)C[C@H](O[C@H]4[C@@H](OC)C[C@H](O[C@H]5CC[C@@]6(C)C(=CC[C@]7(O)[C@@H]6[C@H](OC(C)=O)[C@@H](OC(=O)CC(C)C)[C@]6(C)[C@@H](C(C)=O)CC[C@@]67O)C5)O[C@@H]4C)O[C@@H]3C)C[C@H]2OC)O[C@H](C)[C@H]1O. The zero-order chi connectivity index (χ0) is 56.3. The van der Waals surface area contributed by atoms with Gasteiger partial charge in [-0.2, -0.15) is 0 Å². The van der Waals surface area contributed by atoms with E-state index in [4.69, 9.17) is 66.3 Å². The number of rotatable bonds is 17. The molecule has 0 spiro atoms. The Balaban J connectivity index is 0.898. The second-order valence-corrected chi connectivity index (χ2v) is 24.2. The van der Waals surface area contributed by atoms with Crippen molar-refractivity contribution >= 4 is 17.7 Å². The Morgan fingerprint density at radius 3 is 1.69 bits per heavy atom. The highest BCUT2D eigenvalue weighted by Gasteiger charge is 2.81. The Morgan fingerprint density at radius 2 is 1.19 bits per heavy atom. The van der Waals surface area contributed by atoms with E-state index < -0.39 is 163 Å². The quantitative estimate of drug-likeness (QED) is 0.119. The van der Waals surface area contributed by atoms with Crippen LogP contribution in [0.2, 0.25) is 0 Å². The van der Waals surface area contributed by atoms with Crippen molar-refractivity contribution in [2.45, 2.75) is 267 Å². The van der Waals surface area contributed by atoms with Crippen molar-refractivity contribution < 1.29 is 101 Å². The maximum absolute atomic E-state index is 13.6. The number of esters is 2. The Labute approximate surface area is 453 Å². The zero-order valence-electron chi connectivity index (χ0n) is 47.7. The van der Waals surface area contributed by atoms with Gasteiger partial charge in [0.25, 0.3) is 0 Å². The zero-order valence-corrected chi connectivity index (χ0v) is 47.7. The molecule has 21 nitrogen and oxygen atoms in total. The van der Waals surface area contributed by atoms with E-state index in [9.17, 15) is 34.8 Å². The fourth-order valence-electron chi connectivity index (χ4n) is 15.1. The number of fused-ring (bicyclic) bond motifs is 5. The van der Waals surface area contributed by atoms with Gasteiger partial charge in [-0.15, -0.1) is 0 Å². The van der Waals surface area contributed by atoms with Crippen LogP contribution in [-0.2, 0) is 80.7 Å². The molecule has 77 heavy (non-hydrogen) atoms. The lowest BCUT2D eigenvalue weighted by Gasteiger charge is -2.68. The molecule has 4 N–H and O–H groups in total. The third-order valence-corrected chi connectivity index (χ3v) is 19.1. The summed E-state index contributed by atoms with van der Waals surface area (Å²) in [7, 11) is 6.22. The van der Waals surface area contributed by atoms with Gasteiger partial charge in [0.2, 0.25) is 0 Å². The summed E-state index contributed by atoms with van der Waals surface area (Å²) < 4.78 is 87.3. The second-order valence-electron chi connectivity index (χ2n) is 24.2. The van der Waals surface area contributed by atoms with Gasteiger partial charge in [0, 0.05) is 78.3 Å². The van der Waals surface area contributed by atoms with E-state index in [1.54, 1.807) is 35.2 Å². The lowest BCUT2D eigenvalue weighted by Crippen LogP contribution is -2.80. The normalized spacial score (nSPS) is 49.0. The molecule has 4 saturated heterocycles. The fraction of sp³-hybridized carbons (Fsp3) is 0.911. The van der Waals surface area contributed by atoms with Gasteiger partial charge < -0.3 is 86.7 Å². The number of Topliss-reactive ketones (excluding diaryl/α,β-unsaturated/α-hetero) is 1. The Morgan fingerprint density at radius 1 is 0.662 bits per heavy atom. The minimum absolute atomic E-state index is 0.0286. The van der Waals surface area contributed by atoms with Crippen molar-refractivity contribution in [3.05, 3.63) is 11.6 Å². The van der Waals surface area contributed by atoms with Crippen molar-refractivity contribution in [1.82, 2.24) is 0 Å². The van der Waals surface area contributed by atoms with E-state index in [0.29, 0.717) is 38.5 Å². The van der Waals surface area contributed by atoms with E-state index in [1.165, 1.54) is 21.0 Å². The van der Waals surface area contributed by atoms with Crippen LogP contribution in [0.1, 0.15) is 133 Å². The Kier molecular flexibility index (Phi) is 18.9. The predicted octanol–water partition coefficient (Wildman–Crippen LogP) is 3.97. The number of ether oxygens (including phenoxy) is 14. The number of carbonyl (C=O) groups is 3. The predicted molar refractivity (Wildman–Crippen MR) is 270 cm³/mol. The highest BCUT2D eigenvalue weighted by atomic mass is 16.8. The van der Waals surface area contributed by atoms with Gasteiger partial charge in [0.05, 0.1) is 48.8 Å². The number of methoxy groups -OCH3 is 4. The van der Waals surface area contributed by atoms with Gasteiger partial charge in [0.1, 0.15) is 65.8 Å². The van der Waals surface area contributed by atoms with Gasteiger partial charge in [-0.3, -0.25) is 14.4 Å². The first-order valence-corrected chi connectivity index (χ1v) is 28.0. The maximum Gasteiger partial charge on any atom is 0.306 e. The number of hydrogen-bond acceptors (Lipinski definition) is 21. The van der Waals surface area contributed by atoms with E-state index >= 15 is 0 Å². The Hall–Kier alpha value is -2.29. The summed E-state index contributed by atoms with van der Waals surface area (Å²) in [5.41, 5.74) is -5.03. The van der Waals surface area contributed by atoms with E-state index in [1.807, 2.05) is 47.6 Å². The smallest absolute Gasteiger partial charge is 0.306 e. The van der Waals surface area contributed by atoms with Gasteiger partial charge in [-0.05, 0) is 84.5 Å². The van der Waals surface area contributed by atoms with E-state index in [2.05, 4.69) is 0 Å². The van der Waals surface area contributed by atoms with Gasteiger partial charge in [-0.1, -0.05) is 39.3 Å². The molecule has 0 bridgehead atoms. The molecule has 0 aromatic rings. The van der Waals surface area contributed by atoms with Crippen LogP contribution in [0.3, 0.4) is 0 Å². The molecular formula is C56H90O21. The molecule has 4 heterocycles. The third kappa shape index (κ3) is 11.2. The topological polar surface area (TPSA) is 261 Å². The lowest BCUT2D eigenvalue weighted by molar-refractivity contribution is -0.356. The highest BCUT2D eigenvalue weighted by molar-refractivity contribution is 5.80. The van der Waals surface area contributed by atoms with E-state index in [0.717, 1.165) is 5.57 Å². The molecule has 0 aromatic heterocycles. The molecule has 0 unspecified atom stereocenters. The monoisotopic (exact) mass is 1100 g/mol. The standard InChI is InChI=1S/C56H90O21/c1-26(2)21-39(59)74-51-49(72-32(8)58)50-53(9)18-16-34(22-33(53)15-19-55(50,62)56(63)20-17-35(27(3)57)54(51,56)10)73-40-23-36(64-11)45(29(5)68-40)75-41-24-37(65-12)46(30(6)69-41)76-42-25-38(66-13)47(31(7)70-42)77-52-44(61)48(67-14)43(60)28(4)71-52/h15,26,28-31,34-38,40-52,60-63H,16-25H2,1-14H3/t28-,29-,30-,31-,34+,35-,36+,37+,38-,40+,41+,42+,43-,44-,45-,46-,47-,48-,49+,50-,51-,52+,53+,54+,55+,56-/m1/s1. The molecule has 7 fully saturated rings. The number of aliphatic hydroxyl groups excluding tert-OH is 2. The summed E-state index contributed by atoms with van der Waals surface area (Å²) in [6, 6.07) is 0. The minimum atomic E-state index is -1.86. The van der Waals surface area contributed by atoms with Crippen LogP contribution in [0, 0.1) is 28.6 Å². The molecule has 4 aliphatic carbocycles. The summed E-state index contributed by atoms with van der Waals surface area (Å²) in [5.74, 6) is -3.04. The number of ketones is 1. The van der Waals surface area contributed by atoms with Crippen molar-refractivity contribution in [3.63, 3.8) is 0 Å². The summed E-state index contributed by atoms with van der Waals surface area (Å²) in [6.45, 7) is 17.6. The van der Waals surface area contributed by atoms with Crippen LogP contribution in [-0.4, -0.2) is 201 Å². The molecule has 8 aliphatic rings. The number of hydrogen-bond donors (Lipinski definition) is 4. The lowest BCUT2D eigenvalue weighted by atomic mass is 9.42. The van der Waals surface area contributed by atoms with Crippen LogP contribution in [0.5, 0.6) is 0 Å². The number of carbonyl (C=O) groups excluding carboxylic acids is 3. The molecule has 4 aliphatic heterocycles. The summed E-state index contributed by atoms with van der Waals surface area (Å²) in [5, 5.41) is 47.7. The molecule has 0 radical (unpaired) electrons. The van der Waals surface area contributed by atoms with E-state index in [-0.39, 0.29) is 43.5 Å². The second kappa shape index (κ2) is 23.9. The van der Waals surface area contributed by atoms with Gasteiger partial charge >= 0.3 is 11.9 Å². The molecule has 26 atom stereocenters. The molecule has 440 valence electrons. The molecule has 0 amide bonds. The Bertz CT molecular complexity index is 2090. The summed E-state index contributed by atoms with van der Waals surface area (Å²) >= 11 is 0. The average Bonchev–Trinajstić information content (AvgIpc) is 3.97. The van der Waals surface area contributed by atoms with Gasteiger partial charge in [-0.25, -0.2) is 0 Å². The maximum atomic E-state index is 13.6. The van der Waals surface area contributed by atoms with Crippen LogP contribution >= 0.6 is 0 Å². The first-order valence-electron chi connectivity index (χ1n) is 28.0. The van der Waals surface area contributed by atoms with Crippen LogP contribution in [0.15, 0.2) is 11.6 Å². The first-order chi connectivity index (χ1) is 36.3. The largest absolute Gasteiger partial charge is 0.458 e. The average molecular weight is 1100 g/mol. The molecule has 21 heteroatoms. The highest BCUT2D eigenvalue weighted by Crippen LogP contribution is 2.70. The van der Waals surface area contributed by atoms with Crippen LogP contribution < -0.4 is 0 Å². The molecule has 8 rings (SSSR count). The van der Waals surface area contributed by atoms with Crippen molar-refractivity contribution in [2.24, 2.45) is 28.6 Å². The summed E-state index contributed by atoms with van der Waals surface area (Å²) in [4.78, 5) is 40.1. The first kappa shape index (κ1) is 60.8. The van der Waals surface area contributed by atoms with Gasteiger partial charge in [0.15, 0.2) is 25.2 Å². The van der Waals surface area contributed by atoms with Crippen LogP contribution in [0.4, 0.5) is 0 Å². The van der Waals surface area contributed by atoms with Crippen molar-refractivity contribution in [1.29, 1.82) is 0 Å². The molecule has 3 saturated carbocycles. The number of aliphatic hydroxyl groups is 4. The third-order valence-electron chi connectivity index (χ3n) is 19.1. The fourth-order valence-corrected chi connectivity index (χ4v) is 15.1. The molecule has 0 aromatic carbocycles. The van der Waals surface area contributed by atoms with Crippen LogP contribution in [0.25, 0.3) is 0 Å². The molecular weight excluding hydrogens is 1010 g/mol. The minimum Gasteiger partial charge on any atom is -0.458 e. The van der Waals surface area contributed by atoms with Crippen molar-refractivity contribution in [3.8, 4) is 0 Å². The van der Waals surface area contributed by atoms with Crippen molar-refractivity contribution in [2.75, 3.05) is 28.4 Å². The summed E-state index contributed by atoms with van der Waals surface area (Å²) in [6.07, 6.45) is -9.42.